The van der Waals surface area contributed by atoms with Gasteiger partial charge in [-0.2, -0.15) is 0 Å². The molecule has 2 heteroatoms. The molecule has 1 amide bonds. The Morgan fingerprint density at radius 2 is 2.00 bits per heavy atom. The van der Waals surface area contributed by atoms with Crippen molar-refractivity contribution in [3.63, 3.8) is 0 Å². The molecule has 1 saturated carbocycles. The lowest BCUT2D eigenvalue weighted by molar-refractivity contribution is -0.122. The van der Waals surface area contributed by atoms with E-state index in [1.165, 1.54) is 0 Å². The topological polar surface area (TPSA) is 43.1 Å². The summed E-state index contributed by atoms with van der Waals surface area (Å²) in [6, 6.07) is 0. The average molecular weight is 141 g/mol. The first-order chi connectivity index (χ1) is 4.63. The van der Waals surface area contributed by atoms with Crippen LogP contribution in [0.1, 0.15) is 26.7 Å². The van der Waals surface area contributed by atoms with Crippen LogP contribution in [-0.2, 0) is 4.79 Å². The molecule has 0 unspecified atom stereocenters. The van der Waals surface area contributed by atoms with Gasteiger partial charge in [0.05, 0.1) is 0 Å². The predicted molar refractivity (Wildman–Crippen MR) is 40.2 cm³/mol. The van der Waals surface area contributed by atoms with E-state index in [4.69, 9.17) is 5.73 Å². The zero-order chi connectivity index (χ0) is 7.72. The van der Waals surface area contributed by atoms with Crippen LogP contribution in [0.3, 0.4) is 0 Å². The van der Waals surface area contributed by atoms with E-state index < -0.39 is 0 Å². The third-order valence-electron chi connectivity index (χ3n) is 2.83. The molecule has 2 nitrogen and oxygen atoms in total. The minimum absolute atomic E-state index is 0.114. The van der Waals surface area contributed by atoms with Gasteiger partial charge in [0.2, 0.25) is 5.91 Å². The molecule has 0 heterocycles. The van der Waals surface area contributed by atoms with E-state index in [-0.39, 0.29) is 11.8 Å². The van der Waals surface area contributed by atoms with Gasteiger partial charge in [0.25, 0.3) is 0 Å². The molecule has 0 saturated heterocycles. The second-order valence-corrected chi connectivity index (χ2v) is 3.42. The summed E-state index contributed by atoms with van der Waals surface area (Å²) in [6.45, 7) is 4.31. The van der Waals surface area contributed by atoms with E-state index in [9.17, 15) is 4.79 Å². The monoisotopic (exact) mass is 141 g/mol. The minimum Gasteiger partial charge on any atom is -0.369 e. The van der Waals surface area contributed by atoms with E-state index in [1.807, 2.05) is 0 Å². The van der Waals surface area contributed by atoms with E-state index in [0.29, 0.717) is 11.8 Å². The fraction of sp³-hybridized carbons (Fsp3) is 0.875. The lowest BCUT2D eigenvalue weighted by Gasteiger charge is -2.13. The van der Waals surface area contributed by atoms with Crippen molar-refractivity contribution in [2.45, 2.75) is 26.7 Å². The highest BCUT2D eigenvalue weighted by Crippen LogP contribution is 2.35. The fourth-order valence-corrected chi connectivity index (χ4v) is 1.77. The lowest BCUT2D eigenvalue weighted by Crippen LogP contribution is -2.26. The number of carbonyl (C=O) groups excluding carboxylic acids is 1. The number of rotatable bonds is 1. The van der Waals surface area contributed by atoms with Crippen LogP contribution in [0.4, 0.5) is 0 Å². The Morgan fingerprint density at radius 1 is 1.40 bits per heavy atom. The number of primary amides is 1. The fourth-order valence-electron chi connectivity index (χ4n) is 1.77. The molecule has 0 aromatic heterocycles. The summed E-state index contributed by atoms with van der Waals surface area (Å²) < 4.78 is 0. The average Bonchev–Trinajstić information content (AvgIpc) is 2.14. The number of hydrogen-bond donors (Lipinski definition) is 1. The molecular formula is C8H15NO. The smallest absolute Gasteiger partial charge is 0.220 e. The van der Waals surface area contributed by atoms with Crippen LogP contribution in [-0.4, -0.2) is 5.91 Å². The Balaban J connectivity index is 2.57. The molecule has 58 valence electrons. The predicted octanol–water partition coefficient (Wildman–Crippen LogP) is 1.15. The number of carbonyl (C=O) groups is 1. The maximum atomic E-state index is 10.8. The van der Waals surface area contributed by atoms with Gasteiger partial charge >= 0.3 is 0 Å². The Morgan fingerprint density at radius 3 is 2.20 bits per heavy atom. The molecule has 10 heavy (non-hydrogen) atoms. The first-order valence-corrected chi connectivity index (χ1v) is 3.92. The highest BCUT2D eigenvalue weighted by atomic mass is 16.1. The van der Waals surface area contributed by atoms with Crippen molar-refractivity contribution in [1.29, 1.82) is 0 Å². The van der Waals surface area contributed by atoms with Gasteiger partial charge in [0, 0.05) is 5.92 Å². The first-order valence-electron chi connectivity index (χ1n) is 3.92. The van der Waals surface area contributed by atoms with Crippen LogP contribution in [0.2, 0.25) is 0 Å². The van der Waals surface area contributed by atoms with Gasteiger partial charge in [-0.1, -0.05) is 13.8 Å². The van der Waals surface area contributed by atoms with Crippen molar-refractivity contribution in [2.75, 3.05) is 0 Å². The second kappa shape index (κ2) is 2.60. The summed E-state index contributed by atoms with van der Waals surface area (Å²) in [5.41, 5.74) is 5.21. The molecule has 0 radical (unpaired) electrons. The number of amides is 1. The first kappa shape index (κ1) is 7.58. The zero-order valence-corrected chi connectivity index (χ0v) is 6.63. The third-order valence-corrected chi connectivity index (χ3v) is 2.83. The van der Waals surface area contributed by atoms with Gasteiger partial charge in [-0.05, 0) is 24.7 Å². The standard InChI is InChI=1S/C8H15NO/c1-5-3-4-7(6(5)2)8(9)10/h5-7H,3-4H2,1-2H3,(H2,9,10)/t5-,6+,7+/m1/s1. The molecule has 0 aliphatic heterocycles. The highest BCUT2D eigenvalue weighted by molar-refractivity contribution is 5.77. The van der Waals surface area contributed by atoms with Gasteiger partial charge in [0.1, 0.15) is 0 Å². The van der Waals surface area contributed by atoms with Crippen LogP contribution in [0.25, 0.3) is 0 Å². The van der Waals surface area contributed by atoms with Crippen molar-refractivity contribution in [3.05, 3.63) is 0 Å². The van der Waals surface area contributed by atoms with Gasteiger partial charge in [-0.15, -0.1) is 0 Å². The molecule has 1 fully saturated rings. The molecule has 0 bridgehead atoms. The molecule has 2 N–H and O–H groups in total. The van der Waals surface area contributed by atoms with Crippen molar-refractivity contribution in [2.24, 2.45) is 23.5 Å². The van der Waals surface area contributed by atoms with E-state index in [0.717, 1.165) is 12.8 Å². The number of hydrogen-bond acceptors (Lipinski definition) is 1. The summed E-state index contributed by atoms with van der Waals surface area (Å²) in [4.78, 5) is 10.8. The van der Waals surface area contributed by atoms with Gasteiger partial charge < -0.3 is 5.73 Å². The third kappa shape index (κ3) is 1.15. The van der Waals surface area contributed by atoms with Crippen LogP contribution >= 0.6 is 0 Å². The van der Waals surface area contributed by atoms with Crippen molar-refractivity contribution in [1.82, 2.24) is 0 Å². The van der Waals surface area contributed by atoms with Crippen LogP contribution in [0, 0.1) is 17.8 Å². The zero-order valence-electron chi connectivity index (χ0n) is 6.63. The summed E-state index contributed by atoms with van der Waals surface area (Å²) >= 11 is 0. The molecule has 1 aliphatic rings. The van der Waals surface area contributed by atoms with E-state index in [2.05, 4.69) is 13.8 Å². The molecule has 3 atom stereocenters. The van der Waals surface area contributed by atoms with E-state index >= 15 is 0 Å². The van der Waals surface area contributed by atoms with Crippen LogP contribution in [0.5, 0.6) is 0 Å². The summed E-state index contributed by atoms with van der Waals surface area (Å²) in [7, 11) is 0. The molecule has 0 aromatic rings. The molecule has 0 spiro atoms. The molecule has 1 aliphatic carbocycles. The Labute approximate surface area is 61.8 Å². The molecule has 0 aromatic carbocycles. The van der Waals surface area contributed by atoms with Crippen molar-refractivity contribution in [3.8, 4) is 0 Å². The van der Waals surface area contributed by atoms with Crippen LogP contribution in [0.15, 0.2) is 0 Å². The Kier molecular flexibility index (Phi) is 1.97. The second-order valence-electron chi connectivity index (χ2n) is 3.42. The van der Waals surface area contributed by atoms with E-state index in [1.54, 1.807) is 0 Å². The minimum atomic E-state index is -0.114. The summed E-state index contributed by atoms with van der Waals surface area (Å²) in [5.74, 6) is 1.21. The molecular weight excluding hydrogens is 126 g/mol. The highest BCUT2D eigenvalue weighted by Gasteiger charge is 2.33. The summed E-state index contributed by atoms with van der Waals surface area (Å²) in [5, 5.41) is 0. The van der Waals surface area contributed by atoms with Gasteiger partial charge in [-0.25, -0.2) is 0 Å². The van der Waals surface area contributed by atoms with Crippen LogP contribution < -0.4 is 5.73 Å². The Bertz CT molecular complexity index is 144. The SMILES string of the molecule is C[C@H]1[C@H](C)CC[C@@H]1C(N)=O. The van der Waals surface area contributed by atoms with Crippen molar-refractivity contribution < 1.29 is 4.79 Å². The normalized spacial score (nSPS) is 40.0. The van der Waals surface area contributed by atoms with Crippen molar-refractivity contribution >= 4 is 5.91 Å². The van der Waals surface area contributed by atoms with Gasteiger partial charge in [0.15, 0.2) is 0 Å². The maximum absolute atomic E-state index is 10.8. The van der Waals surface area contributed by atoms with Gasteiger partial charge in [-0.3, -0.25) is 4.79 Å². The summed E-state index contributed by atoms with van der Waals surface area (Å²) in [6.07, 6.45) is 2.16. The largest absolute Gasteiger partial charge is 0.369 e. The Hall–Kier alpha value is -0.530. The maximum Gasteiger partial charge on any atom is 0.220 e. The molecule has 1 rings (SSSR count). The quantitative estimate of drug-likeness (QED) is 0.585. The lowest BCUT2D eigenvalue weighted by atomic mass is 9.92. The number of nitrogens with two attached hydrogens (primary N) is 1.